The number of hydrogen-bond donors (Lipinski definition) is 3. The quantitative estimate of drug-likeness (QED) is 0.576. The Morgan fingerprint density at radius 2 is 1.86 bits per heavy atom. The minimum absolute atomic E-state index is 0.294. The Balaban J connectivity index is 1.37. The van der Waals surface area contributed by atoms with Crippen molar-refractivity contribution in [1.29, 1.82) is 0 Å². The standard InChI is InChI=1S/C21H21N5O2S/c1-13-6-7-17-15(10-13)12-18(29-17)20(28)26-25-19(27)14-4-2-5-16(11-14)24-21-22-8-3-9-23-21/h2-5,8-9,11-13H,6-7,10H2,1H3,(H,25,27)(H,26,28)(H,22,23,24). The molecule has 0 fully saturated rings. The topological polar surface area (TPSA) is 96.0 Å². The fourth-order valence-corrected chi connectivity index (χ4v) is 4.40. The molecule has 7 nitrogen and oxygen atoms in total. The molecule has 4 rings (SSSR count). The average Bonchev–Trinajstić information content (AvgIpc) is 3.16. The van der Waals surface area contributed by atoms with E-state index in [0.717, 1.165) is 19.3 Å². The van der Waals surface area contributed by atoms with Gasteiger partial charge in [-0.2, -0.15) is 0 Å². The number of fused-ring (bicyclic) bond motifs is 1. The van der Waals surface area contributed by atoms with Crippen LogP contribution in [0.5, 0.6) is 0 Å². The third kappa shape index (κ3) is 4.60. The van der Waals surface area contributed by atoms with Gasteiger partial charge in [0, 0.05) is 28.5 Å². The molecule has 1 aliphatic rings. The van der Waals surface area contributed by atoms with Crippen molar-refractivity contribution in [3.63, 3.8) is 0 Å². The number of amides is 2. The molecule has 148 valence electrons. The molecule has 3 aromatic rings. The number of rotatable bonds is 4. The van der Waals surface area contributed by atoms with Gasteiger partial charge in [-0.25, -0.2) is 9.97 Å². The van der Waals surface area contributed by atoms with Crippen molar-refractivity contribution in [1.82, 2.24) is 20.8 Å². The molecule has 0 saturated heterocycles. The Hall–Kier alpha value is -3.26. The highest BCUT2D eigenvalue weighted by Gasteiger charge is 2.21. The van der Waals surface area contributed by atoms with Crippen molar-refractivity contribution in [3.05, 3.63) is 69.7 Å². The summed E-state index contributed by atoms with van der Waals surface area (Å²) >= 11 is 1.51. The van der Waals surface area contributed by atoms with E-state index in [0.29, 0.717) is 28.0 Å². The van der Waals surface area contributed by atoms with Gasteiger partial charge in [0.25, 0.3) is 11.8 Å². The lowest BCUT2D eigenvalue weighted by Crippen LogP contribution is -2.41. The Kier molecular flexibility index (Phi) is 5.53. The first-order chi connectivity index (χ1) is 14.1. The number of aryl methyl sites for hydroxylation is 1. The highest BCUT2D eigenvalue weighted by Crippen LogP contribution is 2.32. The zero-order chi connectivity index (χ0) is 20.2. The highest BCUT2D eigenvalue weighted by atomic mass is 32.1. The van der Waals surface area contributed by atoms with Crippen LogP contribution in [0, 0.1) is 5.92 Å². The lowest BCUT2D eigenvalue weighted by Gasteiger charge is -2.16. The molecule has 2 heterocycles. The average molecular weight is 407 g/mol. The summed E-state index contributed by atoms with van der Waals surface area (Å²) < 4.78 is 0. The molecule has 0 saturated carbocycles. The summed E-state index contributed by atoms with van der Waals surface area (Å²) in [5, 5.41) is 3.03. The van der Waals surface area contributed by atoms with E-state index in [4.69, 9.17) is 0 Å². The van der Waals surface area contributed by atoms with Crippen molar-refractivity contribution in [2.24, 2.45) is 5.92 Å². The molecule has 2 amide bonds. The van der Waals surface area contributed by atoms with Gasteiger partial charge in [0.05, 0.1) is 4.88 Å². The van der Waals surface area contributed by atoms with Crippen molar-refractivity contribution >= 4 is 34.8 Å². The first-order valence-electron chi connectivity index (χ1n) is 9.45. The van der Waals surface area contributed by atoms with Crippen LogP contribution in [0.15, 0.2) is 48.8 Å². The number of hydrazine groups is 1. The minimum Gasteiger partial charge on any atom is -0.324 e. The van der Waals surface area contributed by atoms with Gasteiger partial charge < -0.3 is 5.32 Å². The summed E-state index contributed by atoms with van der Waals surface area (Å²) in [5.41, 5.74) is 7.34. The molecule has 2 aromatic heterocycles. The molecule has 3 N–H and O–H groups in total. The predicted molar refractivity (Wildman–Crippen MR) is 112 cm³/mol. The summed E-state index contributed by atoms with van der Waals surface area (Å²) in [7, 11) is 0. The molecule has 1 aromatic carbocycles. The molecule has 1 atom stereocenters. The molecular formula is C21H21N5O2S. The number of aromatic nitrogens is 2. The Morgan fingerprint density at radius 1 is 1.07 bits per heavy atom. The van der Waals surface area contributed by atoms with E-state index in [1.807, 2.05) is 12.1 Å². The number of nitrogens with zero attached hydrogens (tertiary/aromatic N) is 2. The van der Waals surface area contributed by atoms with Gasteiger partial charge in [-0.05, 0) is 61.1 Å². The van der Waals surface area contributed by atoms with Gasteiger partial charge >= 0.3 is 0 Å². The van der Waals surface area contributed by atoms with Gasteiger partial charge in [-0.1, -0.05) is 13.0 Å². The molecule has 1 aliphatic carbocycles. The van der Waals surface area contributed by atoms with Crippen LogP contribution in [0.2, 0.25) is 0 Å². The van der Waals surface area contributed by atoms with Crippen LogP contribution in [0.1, 0.15) is 43.8 Å². The molecule has 0 aliphatic heterocycles. The monoisotopic (exact) mass is 407 g/mol. The number of anilines is 2. The maximum absolute atomic E-state index is 12.4. The number of carbonyl (C=O) groups is 2. The van der Waals surface area contributed by atoms with E-state index in [1.54, 1.807) is 36.7 Å². The second-order valence-corrected chi connectivity index (χ2v) is 8.23. The van der Waals surface area contributed by atoms with Gasteiger partial charge in [0.2, 0.25) is 5.95 Å². The van der Waals surface area contributed by atoms with Crippen LogP contribution in [0.3, 0.4) is 0 Å². The number of thiophene rings is 1. The van der Waals surface area contributed by atoms with Gasteiger partial charge in [0.1, 0.15) is 0 Å². The number of nitrogens with one attached hydrogen (secondary N) is 3. The van der Waals surface area contributed by atoms with Crippen molar-refractivity contribution in [2.75, 3.05) is 5.32 Å². The summed E-state index contributed by atoms with van der Waals surface area (Å²) in [6.07, 6.45) is 6.45. The van der Waals surface area contributed by atoms with Crippen LogP contribution >= 0.6 is 11.3 Å². The van der Waals surface area contributed by atoms with Gasteiger partial charge in [-0.15, -0.1) is 11.3 Å². The van der Waals surface area contributed by atoms with Crippen LogP contribution in [-0.2, 0) is 12.8 Å². The number of benzene rings is 1. The largest absolute Gasteiger partial charge is 0.324 e. The van der Waals surface area contributed by atoms with Crippen molar-refractivity contribution < 1.29 is 9.59 Å². The summed E-state index contributed by atoms with van der Waals surface area (Å²) in [4.78, 5) is 35.0. The van der Waals surface area contributed by atoms with Crippen LogP contribution in [0.25, 0.3) is 0 Å². The third-order valence-corrected chi connectivity index (χ3v) is 6.03. The van der Waals surface area contributed by atoms with Gasteiger partial charge in [0.15, 0.2) is 0 Å². The smallest absolute Gasteiger partial charge is 0.279 e. The molecule has 0 radical (unpaired) electrons. The normalized spacial score (nSPS) is 15.3. The summed E-state index contributed by atoms with van der Waals surface area (Å²) in [6.45, 7) is 2.23. The highest BCUT2D eigenvalue weighted by molar-refractivity contribution is 7.14. The lowest BCUT2D eigenvalue weighted by molar-refractivity contribution is 0.0849. The van der Waals surface area contributed by atoms with Gasteiger partial charge in [-0.3, -0.25) is 20.4 Å². The Bertz CT molecular complexity index is 1030. The molecule has 0 bridgehead atoms. The first kappa shape index (κ1) is 19.1. The van der Waals surface area contributed by atoms with E-state index in [-0.39, 0.29) is 5.91 Å². The second-order valence-electron chi connectivity index (χ2n) is 7.09. The summed E-state index contributed by atoms with van der Waals surface area (Å²) in [5.74, 6) is 0.396. The SMILES string of the molecule is CC1CCc2sc(C(=O)NNC(=O)c3cccc(Nc4ncccn4)c3)cc2C1. The second kappa shape index (κ2) is 8.40. The third-order valence-electron chi connectivity index (χ3n) is 4.79. The summed E-state index contributed by atoms with van der Waals surface area (Å²) in [6, 6.07) is 10.6. The fourth-order valence-electron chi connectivity index (χ4n) is 3.30. The number of hydrogen-bond acceptors (Lipinski definition) is 6. The first-order valence-corrected chi connectivity index (χ1v) is 10.3. The van der Waals surface area contributed by atoms with Crippen LogP contribution in [-0.4, -0.2) is 21.8 Å². The van der Waals surface area contributed by atoms with Crippen molar-refractivity contribution in [2.45, 2.75) is 26.2 Å². The number of carbonyl (C=O) groups excluding carboxylic acids is 2. The van der Waals surface area contributed by atoms with E-state index in [9.17, 15) is 9.59 Å². The van der Waals surface area contributed by atoms with E-state index in [1.165, 1.54) is 21.8 Å². The maximum Gasteiger partial charge on any atom is 0.279 e. The predicted octanol–water partition coefficient (Wildman–Crippen LogP) is 3.48. The van der Waals surface area contributed by atoms with E-state index < -0.39 is 5.91 Å². The molecule has 29 heavy (non-hydrogen) atoms. The van der Waals surface area contributed by atoms with E-state index >= 15 is 0 Å². The zero-order valence-corrected chi connectivity index (χ0v) is 16.8. The molecule has 1 unspecified atom stereocenters. The molecule has 8 heteroatoms. The van der Waals surface area contributed by atoms with Crippen LogP contribution in [0.4, 0.5) is 11.6 Å². The Labute approximate surface area is 172 Å². The lowest BCUT2D eigenvalue weighted by atomic mass is 9.90. The minimum atomic E-state index is -0.397. The molecular weight excluding hydrogens is 386 g/mol. The molecule has 0 spiro atoms. The zero-order valence-electron chi connectivity index (χ0n) is 15.9. The Morgan fingerprint density at radius 3 is 2.69 bits per heavy atom. The van der Waals surface area contributed by atoms with E-state index in [2.05, 4.69) is 33.1 Å². The fraction of sp³-hybridized carbons (Fsp3) is 0.238. The van der Waals surface area contributed by atoms with Crippen LogP contribution < -0.4 is 16.2 Å². The maximum atomic E-state index is 12.4. The van der Waals surface area contributed by atoms with Crippen molar-refractivity contribution in [3.8, 4) is 0 Å².